The first-order chi connectivity index (χ1) is 13.5. The molecule has 5 nitrogen and oxygen atoms in total. The van der Waals surface area contributed by atoms with Crippen molar-refractivity contribution in [1.82, 2.24) is 19.4 Å². The number of amides is 1. The Morgan fingerprint density at radius 3 is 2.36 bits per heavy atom. The number of hydrogen-bond acceptors (Lipinski definition) is 3. The van der Waals surface area contributed by atoms with E-state index in [-0.39, 0.29) is 18.3 Å². The number of hydrogen-bond donors (Lipinski definition) is 0. The molecule has 1 aliphatic rings. The van der Waals surface area contributed by atoms with Gasteiger partial charge in [0.2, 0.25) is 0 Å². The van der Waals surface area contributed by atoms with Gasteiger partial charge in [-0.2, -0.15) is 8.78 Å². The number of imidazole rings is 1. The summed E-state index contributed by atoms with van der Waals surface area (Å²) in [5, 5.41) is 0. The predicted molar refractivity (Wildman–Crippen MR) is 98.6 cm³/mol. The Morgan fingerprint density at radius 1 is 1.00 bits per heavy atom. The van der Waals surface area contributed by atoms with Gasteiger partial charge in [0.05, 0.1) is 17.6 Å². The summed E-state index contributed by atoms with van der Waals surface area (Å²) in [6.45, 7) is -0.309. The minimum absolute atomic E-state index is 0.153. The van der Waals surface area contributed by atoms with E-state index >= 15 is 0 Å². The van der Waals surface area contributed by atoms with Gasteiger partial charge in [-0.1, -0.05) is 12.1 Å². The number of fused-ring (bicyclic) bond motifs is 1. The molecule has 8 heteroatoms. The number of nitrogens with zero attached hydrogens (tertiary/aromatic N) is 4. The summed E-state index contributed by atoms with van der Waals surface area (Å²) in [7, 11) is 0. The van der Waals surface area contributed by atoms with Crippen LogP contribution in [0.4, 0.5) is 13.2 Å². The number of halogens is 3. The highest BCUT2D eigenvalue weighted by atomic mass is 19.3. The lowest BCUT2D eigenvalue weighted by Gasteiger charge is -2.34. The first-order valence-electron chi connectivity index (χ1n) is 9.04. The molecule has 28 heavy (non-hydrogen) atoms. The molecule has 4 rings (SSSR count). The highest BCUT2D eigenvalue weighted by Crippen LogP contribution is 2.24. The van der Waals surface area contributed by atoms with Crippen molar-refractivity contribution in [2.75, 3.05) is 26.2 Å². The number of carbonyl (C=O) groups is 1. The molecule has 0 N–H and O–H groups in total. The van der Waals surface area contributed by atoms with E-state index in [0.29, 0.717) is 48.6 Å². The van der Waals surface area contributed by atoms with Gasteiger partial charge in [0.1, 0.15) is 11.6 Å². The zero-order valence-electron chi connectivity index (χ0n) is 15.1. The van der Waals surface area contributed by atoms with Crippen molar-refractivity contribution in [1.29, 1.82) is 0 Å². The average molecular weight is 388 g/mol. The minimum Gasteiger partial charge on any atom is -0.336 e. The van der Waals surface area contributed by atoms with E-state index in [0.717, 1.165) is 4.57 Å². The van der Waals surface area contributed by atoms with Gasteiger partial charge in [-0.25, -0.2) is 9.37 Å². The van der Waals surface area contributed by atoms with Crippen LogP contribution in [0.1, 0.15) is 22.7 Å². The lowest BCUT2D eigenvalue weighted by atomic mass is 10.2. The maximum absolute atomic E-state index is 13.6. The fourth-order valence-corrected chi connectivity index (χ4v) is 3.51. The van der Waals surface area contributed by atoms with E-state index in [9.17, 15) is 18.0 Å². The quantitative estimate of drug-likeness (QED) is 0.687. The Kier molecular flexibility index (Phi) is 5.04. The summed E-state index contributed by atoms with van der Waals surface area (Å²) >= 11 is 0. The summed E-state index contributed by atoms with van der Waals surface area (Å²) in [6.07, 6.45) is 0. The smallest absolute Gasteiger partial charge is 0.320 e. The van der Waals surface area contributed by atoms with Gasteiger partial charge in [-0.3, -0.25) is 14.3 Å². The van der Waals surface area contributed by atoms with Crippen molar-refractivity contribution in [2.24, 2.45) is 0 Å². The molecule has 1 amide bonds. The molecule has 1 fully saturated rings. The summed E-state index contributed by atoms with van der Waals surface area (Å²) in [5.74, 6) is -0.225. The van der Waals surface area contributed by atoms with E-state index in [1.807, 2.05) is 4.90 Å². The molecule has 1 aliphatic heterocycles. The first-order valence-corrected chi connectivity index (χ1v) is 9.04. The molecule has 0 radical (unpaired) electrons. The Labute approximate surface area is 160 Å². The van der Waals surface area contributed by atoms with Crippen LogP contribution in [-0.2, 0) is 6.54 Å². The SMILES string of the molecule is O=C(c1ccc(F)cc1)N1CCN(Cc2nc3ccccc3n2C(F)F)CC1. The number of piperazine rings is 1. The van der Waals surface area contributed by atoms with Gasteiger partial charge in [0, 0.05) is 31.7 Å². The zero-order chi connectivity index (χ0) is 19.7. The molecule has 2 aromatic carbocycles. The largest absolute Gasteiger partial charge is 0.336 e. The van der Waals surface area contributed by atoms with Gasteiger partial charge in [0.15, 0.2) is 0 Å². The number of alkyl halides is 2. The maximum Gasteiger partial charge on any atom is 0.320 e. The second kappa shape index (κ2) is 7.63. The average Bonchev–Trinajstić information content (AvgIpc) is 3.06. The van der Waals surface area contributed by atoms with Crippen LogP contribution < -0.4 is 0 Å². The fraction of sp³-hybridized carbons (Fsp3) is 0.300. The van der Waals surface area contributed by atoms with Crippen LogP contribution in [0.2, 0.25) is 0 Å². The predicted octanol–water partition coefficient (Wildman–Crippen LogP) is 3.53. The molecule has 146 valence electrons. The van der Waals surface area contributed by atoms with Crippen molar-refractivity contribution in [3.8, 4) is 0 Å². The van der Waals surface area contributed by atoms with E-state index < -0.39 is 6.55 Å². The second-order valence-corrected chi connectivity index (χ2v) is 6.74. The lowest BCUT2D eigenvalue weighted by molar-refractivity contribution is 0.0574. The molecular formula is C20H19F3N4O. The molecule has 0 unspecified atom stereocenters. The van der Waals surface area contributed by atoms with E-state index in [4.69, 9.17) is 0 Å². The number of rotatable bonds is 4. The summed E-state index contributed by atoms with van der Waals surface area (Å²) < 4.78 is 41.1. The summed E-state index contributed by atoms with van der Waals surface area (Å²) in [4.78, 5) is 20.6. The van der Waals surface area contributed by atoms with Crippen molar-refractivity contribution in [2.45, 2.75) is 13.1 Å². The highest BCUT2D eigenvalue weighted by molar-refractivity contribution is 5.94. The van der Waals surface area contributed by atoms with E-state index in [2.05, 4.69) is 4.98 Å². The van der Waals surface area contributed by atoms with Crippen LogP contribution in [0.5, 0.6) is 0 Å². The van der Waals surface area contributed by atoms with Gasteiger partial charge in [-0.15, -0.1) is 0 Å². The Balaban J connectivity index is 1.43. The normalized spacial score (nSPS) is 15.5. The molecule has 1 aromatic heterocycles. The van der Waals surface area contributed by atoms with E-state index in [1.165, 1.54) is 24.3 Å². The zero-order valence-corrected chi connectivity index (χ0v) is 15.1. The number of para-hydroxylation sites is 2. The minimum atomic E-state index is -2.66. The number of benzene rings is 2. The third kappa shape index (κ3) is 3.60. The Morgan fingerprint density at radius 2 is 1.68 bits per heavy atom. The van der Waals surface area contributed by atoms with Crippen molar-refractivity contribution in [3.63, 3.8) is 0 Å². The van der Waals surface area contributed by atoms with Crippen LogP contribution in [0.15, 0.2) is 48.5 Å². The highest BCUT2D eigenvalue weighted by Gasteiger charge is 2.25. The van der Waals surface area contributed by atoms with Gasteiger partial charge >= 0.3 is 6.55 Å². The first kappa shape index (κ1) is 18.5. The van der Waals surface area contributed by atoms with Crippen LogP contribution >= 0.6 is 0 Å². The number of aromatic nitrogens is 2. The maximum atomic E-state index is 13.6. The Hall–Kier alpha value is -2.87. The standard InChI is InChI=1S/C20H19F3N4O/c21-15-7-5-14(6-8-15)19(28)26-11-9-25(10-12-26)13-18-24-16-3-1-2-4-17(16)27(18)20(22)23/h1-8,20H,9-13H2. The van der Waals surface area contributed by atoms with Crippen molar-refractivity contribution in [3.05, 3.63) is 65.7 Å². The van der Waals surface area contributed by atoms with Crippen molar-refractivity contribution < 1.29 is 18.0 Å². The van der Waals surface area contributed by atoms with Gasteiger partial charge in [0.25, 0.3) is 5.91 Å². The molecule has 0 saturated carbocycles. The third-order valence-electron chi connectivity index (χ3n) is 4.98. The molecule has 0 atom stereocenters. The van der Waals surface area contributed by atoms with Crippen LogP contribution in [0, 0.1) is 5.82 Å². The summed E-state index contributed by atoms with van der Waals surface area (Å²) in [6, 6.07) is 12.3. The molecule has 3 aromatic rings. The van der Waals surface area contributed by atoms with E-state index in [1.54, 1.807) is 29.2 Å². The molecule has 0 bridgehead atoms. The molecule has 0 aliphatic carbocycles. The number of carbonyl (C=O) groups excluding carboxylic acids is 1. The third-order valence-corrected chi connectivity index (χ3v) is 4.98. The monoisotopic (exact) mass is 388 g/mol. The fourth-order valence-electron chi connectivity index (χ4n) is 3.51. The molecule has 1 saturated heterocycles. The summed E-state index contributed by atoms with van der Waals surface area (Å²) in [5.41, 5.74) is 1.40. The van der Waals surface area contributed by atoms with Gasteiger partial charge in [-0.05, 0) is 36.4 Å². The Bertz CT molecular complexity index is 979. The van der Waals surface area contributed by atoms with Crippen LogP contribution in [0.3, 0.4) is 0 Å². The van der Waals surface area contributed by atoms with Crippen molar-refractivity contribution >= 4 is 16.9 Å². The van der Waals surface area contributed by atoms with Crippen LogP contribution in [-0.4, -0.2) is 51.4 Å². The topological polar surface area (TPSA) is 41.4 Å². The molecule has 0 spiro atoms. The second-order valence-electron chi connectivity index (χ2n) is 6.74. The lowest BCUT2D eigenvalue weighted by Crippen LogP contribution is -2.48. The molecule has 2 heterocycles. The van der Waals surface area contributed by atoms with Gasteiger partial charge < -0.3 is 4.90 Å². The van der Waals surface area contributed by atoms with Crippen LogP contribution in [0.25, 0.3) is 11.0 Å². The molecular weight excluding hydrogens is 369 g/mol.